The fourth-order valence-corrected chi connectivity index (χ4v) is 3.40. The molecule has 6 nitrogen and oxygen atoms in total. The lowest BCUT2D eigenvalue weighted by atomic mass is 10.2. The van der Waals surface area contributed by atoms with Crippen molar-refractivity contribution in [2.45, 2.75) is 18.9 Å². The number of hydrogen-bond acceptors (Lipinski definition) is 6. The van der Waals surface area contributed by atoms with Crippen molar-refractivity contribution in [1.82, 2.24) is 9.97 Å². The van der Waals surface area contributed by atoms with Gasteiger partial charge in [0.05, 0.1) is 11.5 Å². The highest BCUT2D eigenvalue weighted by Gasteiger charge is 2.24. The molecule has 3 N–H and O–H groups in total. The van der Waals surface area contributed by atoms with Crippen LogP contribution in [0.1, 0.15) is 12.8 Å². The highest BCUT2D eigenvalue weighted by molar-refractivity contribution is 7.91. The average Bonchev–Trinajstić information content (AvgIpc) is 2.15. The van der Waals surface area contributed by atoms with Gasteiger partial charge in [0.25, 0.3) is 0 Å². The van der Waals surface area contributed by atoms with Gasteiger partial charge in [-0.05, 0) is 18.9 Å². The molecule has 1 aromatic rings. The first kappa shape index (κ1) is 11.1. The molecule has 1 aromatic heterocycles. The first-order valence-electron chi connectivity index (χ1n) is 5.11. The quantitative estimate of drug-likeness (QED) is 0.760. The summed E-state index contributed by atoms with van der Waals surface area (Å²) in [7, 11) is -2.91. The van der Waals surface area contributed by atoms with E-state index in [1.807, 2.05) is 0 Å². The smallest absolute Gasteiger partial charge is 0.224 e. The summed E-state index contributed by atoms with van der Waals surface area (Å²) >= 11 is 0. The number of sulfone groups is 1. The van der Waals surface area contributed by atoms with Crippen molar-refractivity contribution in [1.29, 1.82) is 0 Å². The zero-order valence-electron chi connectivity index (χ0n) is 8.76. The Labute approximate surface area is 94.2 Å². The second kappa shape index (κ2) is 4.25. The summed E-state index contributed by atoms with van der Waals surface area (Å²) < 4.78 is 22.8. The molecule has 0 aromatic carbocycles. The molecule has 0 aliphatic carbocycles. The molecule has 0 amide bonds. The Morgan fingerprint density at radius 3 is 3.00 bits per heavy atom. The van der Waals surface area contributed by atoms with Crippen LogP contribution in [0.3, 0.4) is 0 Å². The highest BCUT2D eigenvalue weighted by Crippen LogP contribution is 2.15. The lowest BCUT2D eigenvalue weighted by molar-refractivity contribution is 0.561. The Hall–Kier alpha value is -1.37. The lowest BCUT2D eigenvalue weighted by Crippen LogP contribution is -2.35. The molecule has 0 spiro atoms. The molecule has 0 bridgehead atoms. The number of nitrogen functional groups attached to an aromatic ring is 1. The number of rotatable bonds is 2. The van der Waals surface area contributed by atoms with Gasteiger partial charge in [0.1, 0.15) is 5.82 Å². The predicted octanol–water partition coefficient (Wildman–Crippen LogP) is 0.0479. The van der Waals surface area contributed by atoms with Crippen LogP contribution in [0, 0.1) is 0 Å². The van der Waals surface area contributed by atoms with E-state index in [9.17, 15) is 8.42 Å². The van der Waals surface area contributed by atoms with Crippen molar-refractivity contribution >= 4 is 21.6 Å². The van der Waals surface area contributed by atoms with Gasteiger partial charge in [-0.1, -0.05) is 0 Å². The van der Waals surface area contributed by atoms with Gasteiger partial charge in [0, 0.05) is 12.2 Å². The summed E-state index contributed by atoms with van der Waals surface area (Å²) in [6.07, 6.45) is 3.04. The molecule has 0 radical (unpaired) electrons. The number of nitrogens with one attached hydrogen (secondary N) is 1. The molecule has 1 aliphatic rings. The number of anilines is 2. The van der Waals surface area contributed by atoms with Crippen molar-refractivity contribution in [3.8, 4) is 0 Å². The molecule has 1 aliphatic heterocycles. The molecule has 1 saturated heterocycles. The molecule has 16 heavy (non-hydrogen) atoms. The third-order valence-corrected chi connectivity index (χ3v) is 4.29. The Morgan fingerprint density at radius 2 is 2.31 bits per heavy atom. The first-order valence-corrected chi connectivity index (χ1v) is 6.93. The van der Waals surface area contributed by atoms with Crippen molar-refractivity contribution in [3.63, 3.8) is 0 Å². The van der Waals surface area contributed by atoms with Crippen LogP contribution in [0.2, 0.25) is 0 Å². The van der Waals surface area contributed by atoms with E-state index >= 15 is 0 Å². The molecular weight excluding hydrogens is 228 g/mol. The topological polar surface area (TPSA) is 98.0 Å². The van der Waals surface area contributed by atoms with Crippen LogP contribution in [-0.2, 0) is 9.84 Å². The second-order valence-corrected chi connectivity index (χ2v) is 6.13. The van der Waals surface area contributed by atoms with Crippen LogP contribution >= 0.6 is 0 Å². The van der Waals surface area contributed by atoms with Crippen molar-refractivity contribution < 1.29 is 8.42 Å². The predicted molar refractivity (Wildman–Crippen MR) is 61.7 cm³/mol. The SMILES string of the molecule is Nc1ccnc(NC2CCCS(=O)(=O)C2)n1. The zero-order chi connectivity index (χ0) is 11.6. The van der Waals surface area contributed by atoms with Gasteiger partial charge in [-0.2, -0.15) is 4.98 Å². The van der Waals surface area contributed by atoms with Gasteiger partial charge in [-0.15, -0.1) is 0 Å². The van der Waals surface area contributed by atoms with E-state index in [0.717, 1.165) is 6.42 Å². The van der Waals surface area contributed by atoms with Gasteiger partial charge in [0.15, 0.2) is 9.84 Å². The molecule has 88 valence electrons. The van der Waals surface area contributed by atoms with E-state index < -0.39 is 9.84 Å². The van der Waals surface area contributed by atoms with E-state index in [1.165, 1.54) is 0 Å². The summed E-state index contributed by atoms with van der Waals surface area (Å²) in [6, 6.07) is 1.48. The number of nitrogens with zero attached hydrogens (tertiary/aromatic N) is 2. The summed E-state index contributed by atoms with van der Waals surface area (Å²) in [5, 5.41) is 3.00. The molecule has 0 saturated carbocycles. The molecule has 1 unspecified atom stereocenters. The second-order valence-electron chi connectivity index (χ2n) is 3.90. The number of nitrogens with two attached hydrogens (primary N) is 1. The fraction of sp³-hybridized carbons (Fsp3) is 0.556. The summed E-state index contributed by atoms with van der Waals surface area (Å²) in [5.41, 5.74) is 5.51. The minimum atomic E-state index is -2.91. The van der Waals surface area contributed by atoms with Gasteiger partial charge < -0.3 is 11.1 Å². The third-order valence-electron chi connectivity index (χ3n) is 2.47. The largest absolute Gasteiger partial charge is 0.384 e. The minimum absolute atomic E-state index is 0.111. The molecule has 2 rings (SSSR count). The van der Waals surface area contributed by atoms with E-state index in [1.54, 1.807) is 12.3 Å². The lowest BCUT2D eigenvalue weighted by Gasteiger charge is -2.22. The number of aromatic nitrogens is 2. The maximum atomic E-state index is 11.4. The minimum Gasteiger partial charge on any atom is -0.384 e. The van der Waals surface area contributed by atoms with Crippen LogP contribution in [0.15, 0.2) is 12.3 Å². The molecule has 7 heteroatoms. The van der Waals surface area contributed by atoms with E-state index in [4.69, 9.17) is 5.73 Å². The van der Waals surface area contributed by atoms with Crippen LogP contribution in [-0.4, -0.2) is 35.9 Å². The fourth-order valence-electron chi connectivity index (χ4n) is 1.76. The maximum Gasteiger partial charge on any atom is 0.224 e. The van der Waals surface area contributed by atoms with Crippen LogP contribution < -0.4 is 11.1 Å². The van der Waals surface area contributed by atoms with Crippen molar-refractivity contribution in [2.24, 2.45) is 0 Å². The molecular formula is C9H14N4O2S. The molecule has 2 heterocycles. The first-order chi connectivity index (χ1) is 7.55. The van der Waals surface area contributed by atoms with E-state index in [-0.39, 0.29) is 17.5 Å². The monoisotopic (exact) mass is 242 g/mol. The molecule has 1 atom stereocenters. The van der Waals surface area contributed by atoms with Gasteiger partial charge in [-0.25, -0.2) is 13.4 Å². The molecule has 1 fully saturated rings. The van der Waals surface area contributed by atoms with Crippen LogP contribution in [0.4, 0.5) is 11.8 Å². The van der Waals surface area contributed by atoms with E-state index in [0.29, 0.717) is 18.2 Å². The highest BCUT2D eigenvalue weighted by atomic mass is 32.2. The summed E-state index contributed by atoms with van der Waals surface area (Å²) in [6.45, 7) is 0. The zero-order valence-corrected chi connectivity index (χ0v) is 9.57. The normalized spacial score (nSPS) is 23.9. The average molecular weight is 242 g/mol. The summed E-state index contributed by atoms with van der Waals surface area (Å²) in [4.78, 5) is 7.96. The van der Waals surface area contributed by atoms with Gasteiger partial charge in [0.2, 0.25) is 5.95 Å². The van der Waals surface area contributed by atoms with Crippen molar-refractivity contribution in [2.75, 3.05) is 22.6 Å². The third kappa shape index (κ3) is 2.82. The van der Waals surface area contributed by atoms with Crippen LogP contribution in [0.5, 0.6) is 0 Å². The summed E-state index contributed by atoms with van der Waals surface area (Å²) in [5.74, 6) is 1.19. The van der Waals surface area contributed by atoms with Crippen LogP contribution in [0.25, 0.3) is 0 Å². The Bertz CT molecular complexity index is 474. The Balaban J connectivity index is 2.05. The Kier molecular flexibility index (Phi) is 2.95. The maximum absolute atomic E-state index is 11.4. The van der Waals surface area contributed by atoms with E-state index in [2.05, 4.69) is 15.3 Å². The number of hydrogen-bond donors (Lipinski definition) is 2. The standard InChI is InChI=1S/C9H14N4O2S/c10-8-3-4-11-9(13-8)12-7-2-1-5-16(14,15)6-7/h3-4,7H,1-2,5-6H2,(H3,10,11,12,13). The van der Waals surface area contributed by atoms with Gasteiger partial charge in [-0.3, -0.25) is 0 Å². The van der Waals surface area contributed by atoms with Crippen molar-refractivity contribution in [3.05, 3.63) is 12.3 Å². The van der Waals surface area contributed by atoms with Gasteiger partial charge >= 0.3 is 0 Å². The Morgan fingerprint density at radius 1 is 1.50 bits per heavy atom.